The number of Topliss-reactive ketones (excluding diaryl/α,β-unsaturated/α-hetero) is 1. The highest BCUT2D eigenvalue weighted by Gasteiger charge is 2.29. The molecular weight excluding hydrogens is 1100 g/mol. The van der Waals surface area contributed by atoms with Crippen molar-refractivity contribution in [2.24, 2.45) is 29.4 Å². The molecule has 0 heterocycles. The number of unbranched alkanes of at least 4 members (excludes halogenated alkanes) is 17. The molecule has 1 aliphatic carbocycles. The van der Waals surface area contributed by atoms with E-state index in [1.165, 1.54) is 82.8 Å². The fourth-order valence-corrected chi connectivity index (χ4v) is 10.3. The molecule has 0 radical (unpaired) electrons. The van der Waals surface area contributed by atoms with Crippen molar-refractivity contribution in [1.29, 1.82) is 0 Å². The van der Waals surface area contributed by atoms with Crippen LogP contribution in [0.2, 0.25) is 0 Å². The number of aliphatic hydroxyl groups is 1. The highest BCUT2D eigenvalue weighted by molar-refractivity contribution is 5.87. The lowest BCUT2D eigenvalue weighted by molar-refractivity contribution is -0.137. The van der Waals surface area contributed by atoms with Gasteiger partial charge in [0.1, 0.15) is 30.5 Å². The first kappa shape index (κ1) is 76.5. The number of benzene rings is 1. The van der Waals surface area contributed by atoms with Crippen molar-refractivity contribution in [3.63, 3.8) is 0 Å². The molecule has 0 bridgehead atoms. The fraction of sp³-hybridized carbons (Fsp3) is 0.754. The number of carboxylic acids is 1. The standard InChI is InChI=1S/C65H110N6O15/c1-50(58(74)46-55(64(66)81)45-52-30-34-56(73)35-31-52)23-21-22-36-67-61(77)48-85-43-42-84-40-38-69-62(78)49-86-44-41-83-39-37-68-59(75)26-20-19-24-57(51(2)72)71-65(82)54-32-28-53(29-33-54)47-70-60(76)25-17-15-13-11-9-7-5-3-4-6-8-10-12-14-16-18-27-63(79)80/h30-31,34-35,50,53-55,57,72-73H,2-29,32-33,36-49H2,1H3,(H2,66,81)(H,67,77)(H,68,75)(H,69,78)(H,70,76)(H,71,82)(H,79,80)/t50-,53?,54?,55+,57-/m0/s1. The second kappa shape index (κ2) is 50.4. The van der Waals surface area contributed by atoms with Crippen LogP contribution in [0, 0.1) is 23.7 Å². The number of hydrogen-bond acceptors (Lipinski definition) is 14. The van der Waals surface area contributed by atoms with E-state index in [0.717, 1.165) is 63.4 Å². The van der Waals surface area contributed by atoms with Gasteiger partial charge in [-0.3, -0.25) is 38.4 Å². The Labute approximate surface area is 512 Å². The first-order chi connectivity index (χ1) is 41.5. The van der Waals surface area contributed by atoms with Crippen LogP contribution in [0.3, 0.4) is 0 Å². The Bertz CT molecular complexity index is 2050. The van der Waals surface area contributed by atoms with Crippen LogP contribution in [0.5, 0.6) is 5.75 Å². The summed E-state index contributed by atoms with van der Waals surface area (Å²) < 4.78 is 21.6. The van der Waals surface area contributed by atoms with E-state index in [-0.39, 0.29) is 131 Å². The van der Waals surface area contributed by atoms with Gasteiger partial charge in [-0.1, -0.05) is 128 Å². The lowest BCUT2D eigenvalue weighted by Crippen LogP contribution is -2.41. The first-order valence-electron chi connectivity index (χ1n) is 32.4. The van der Waals surface area contributed by atoms with Gasteiger partial charge in [-0.05, 0) is 94.2 Å². The van der Waals surface area contributed by atoms with Crippen molar-refractivity contribution < 1.29 is 72.6 Å². The smallest absolute Gasteiger partial charge is 0.303 e. The zero-order valence-electron chi connectivity index (χ0n) is 52.1. The molecule has 21 nitrogen and oxygen atoms in total. The highest BCUT2D eigenvalue weighted by atomic mass is 16.5. The van der Waals surface area contributed by atoms with E-state index in [2.05, 4.69) is 33.2 Å². The number of carbonyl (C=O) groups excluding carboxylic acids is 7. The molecule has 10 N–H and O–H groups in total. The van der Waals surface area contributed by atoms with Crippen molar-refractivity contribution in [3.8, 4) is 5.75 Å². The molecule has 1 saturated carbocycles. The van der Waals surface area contributed by atoms with Crippen LogP contribution in [0.15, 0.2) is 36.6 Å². The Kier molecular flexibility index (Phi) is 44.8. The maximum Gasteiger partial charge on any atom is 0.303 e. The summed E-state index contributed by atoms with van der Waals surface area (Å²) in [6.45, 7) is 8.25. The van der Waals surface area contributed by atoms with Gasteiger partial charge in [0, 0.05) is 69.6 Å². The van der Waals surface area contributed by atoms with Crippen LogP contribution in [0.25, 0.3) is 0 Å². The van der Waals surface area contributed by atoms with Crippen molar-refractivity contribution >= 4 is 47.2 Å². The molecule has 1 aromatic carbocycles. The molecule has 86 heavy (non-hydrogen) atoms. The Morgan fingerprint density at radius 2 is 1.00 bits per heavy atom. The van der Waals surface area contributed by atoms with Crippen LogP contribution in [-0.2, 0) is 63.7 Å². The van der Waals surface area contributed by atoms with Gasteiger partial charge in [-0.15, -0.1) is 0 Å². The number of nitrogens with two attached hydrogens (primary N) is 1. The van der Waals surface area contributed by atoms with E-state index < -0.39 is 23.8 Å². The van der Waals surface area contributed by atoms with E-state index in [1.54, 1.807) is 12.1 Å². The van der Waals surface area contributed by atoms with Gasteiger partial charge in [-0.2, -0.15) is 0 Å². The first-order valence-corrected chi connectivity index (χ1v) is 32.4. The van der Waals surface area contributed by atoms with Crippen LogP contribution < -0.4 is 32.3 Å². The zero-order chi connectivity index (χ0) is 62.8. The topological polar surface area (TPSA) is 320 Å². The lowest BCUT2D eigenvalue weighted by atomic mass is 9.81. The van der Waals surface area contributed by atoms with E-state index in [1.807, 2.05) is 6.92 Å². The van der Waals surface area contributed by atoms with Crippen LogP contribution in [0.1, 0.15) is 205 Å². The predicted octanol–water partition coefficient (Wildman–Crippen LogP) is 8.36. The van der Waals surface area contributed by atoms with Crippen LogP contribution in [0.4, 0.5) is 0 Å². The maximum absolute atomic E-state index is 13.1. The van der Waals surface area contributed by atoms with Crippen molar-refractivity contribution in [2.75, 3.05) is 79.0 Å². The number of phenols is 1. The second-order valence-electron chi connectivity index (χ2n) is 23.3. The summed E-state index contributed by atoms with van der Waals surface area (Å²) in [5.74, 6) is -2.65. The van der Waals surface area contributed by atoms with E-state index in [9.17, 15) is 48.6 Å². The summed E-state index contributed by atoms with van der Waals surface area (Å²) in [4.78, 5) is 97.5. The molecule has 0 saturated heterocycles. The Hall–Kier alpha value is -5.64. The van der Waals surface area contributed by atoms with Gasteiger partial charge in [0.05, 0.1) is 45.7 Å². The molecule has 1 aliphatic rings. The van der Waals surface area contributed by atoms with Gasteiger partial charge < -0.3 is 66.6 Å². The number of ether oxygens (including phenoxy) is 4. The number of carboxylic acid groups (broad SMARTS) is 1. The molecule has 3 atom stereocenters. The van der Waals surface area contributed by atoms with E-state index in [4.69, 9.17) is 29.8 Å². The summed E-state index contributed by atoms with van der Waals surface area (Å²) >= 11 is 0. The maximum atomic E-state index is 13.1. The van der Waals surface area contributed by atoms with E-state index in [0.29, 0.717) is 83.3 Å². The van der Waals surface area contributed by atoms with Crippen molar-refractivity contribution in [1.82, 2.24) is 26.6 Å². The summed E-state index contributed by atoms with van der Waals surface area (Å²) in [6.07, 6.45) is 27.2. The molecule has 1 fully saturated rings. The molecule has 6 amide bonds. The molecular formula is C65H110N6O15. The number of phenolic OH excluding ortho intramolecular Hbond substituents is 1. The Morgan fingerprint density at radius 3 is 1.51 bits per heavy atom. The van der Waals surface area contributed by atoms with E-state index >= 15 is 0 Å². The molecule has 1 aromatic rings. The predicted molar refractivity (Wildman–Crippen MR) is 331 cm³/mol. The second-order valence-corrected chi connectivity index (χ2v) is 23.3. The molecule has 0 spiro atoms. The number of carbonyl (C=O) groups is 8. The summed E-state index contributed by atoms with van der Waals surface area (Å²) in [5.41, 5.74) is 6.37. The van der Waals surface area contributed by atoms with Gasteiger partial charge in [0.2, 0.25) is 35.4 Å². The van der Waals surface area contributed by atoms with Crippen molar-refractivity contribution in [2.45, 2.75) is 212 Å². The molecule has 0 unspecified atom stereocenters. The third-order valence-electron chi connectivity index (χ3n) is 15.8. The number of aromatic hydroxyl groups is 1. The average Bonchev–Trinajstić information content (AvgIpc) is 3.67. The van der Waals surface area contributed by atoms with Crippen molar-refractivity contribution in [3.05, 3.63) is 42.2 Å². The molecule has 490 valence electrons. The minimum atomic E-state index is -0.693. The number of aliphatic carboxylic acids is 1. The summed E-state index contributed by atoms with van der Waals surface area (Å²) in [5, 5.41) is 42.8. The Morgan fingerprint density at radius 1 is 0.547 bits per heavy atom. The molecule has 0 aromatic heterocycles. The van der Waals surface area contributed by atoms with Gasteiger partial charge in [0.25, 0.3) is 0 Å². The number of primary amides is 1. The largest absolute Gasteiger partial charge is 0.511 e. The molecule has 0 aliphatic heterocycles. The Balaban J connectivity index is 1.35. The van der Waals surface area contributed by atoms with Crippen LogP contribution >= 0.6 is 0 Å². The number of rotatable bonds is 56. The highest BCUT2D eigenvalue weighted by Crippen LogP contribution is 2.29. The van der Waals surface area contributed by atoms with Gasteiger partial charge in [0.15, 0.2) is 0 Å². The minimum Gasteiger partial charge on any atom is -0.511 e. The quantitative estimate of drug-likeness (QED) is 0.0219. The fourth-order valence-electron chi connectivity index (χ4n) is 10.3. The third kappa shape index (κ3) is 42.2. The number of hydrogen-bond donors (Lipinski definition) is 9. The molecule has 21 heteroatoms. The van der Waals surface area contributed by atoms with Gasteiger partial charge in [-0.25, -0.2) is 0 Å². The number of ketones is 1. The normalized spacial score (nSPS) is 15.0. The zero-order valence-corrected chi connectivity index (χ0v) is 52.1. The SMILES string of the molecule is C=C(O)[C@H](CCCCC(=O)NCCOCCOCC(=O)NCCOCCOCC(=O)NCCCC[C@H](C)C(=O)C[C@@H](Cc1ccc(O)cc1)C(N)=O)NC(=O)C1CCC(CNC(=O)CCCCCCCCCCCCCCCCCCC(=O)O)CC1. The molecule has 2 rings (SSSR count). The summed E-state index contributed by atoms with van der Waals surface area (Å²) in [6, 6.07) is 5.87. The third-order valence-corrected chi connectivity index (χ3v) is 15.8. The number of amides is 6. The minimum absolute atomic E-state index is 0.0379. The monoisotopic (exact) mass is 1210 g/mol. The van der Waals surface area contributed by atoms with Gasteiger partial charge >= 0.3 is 5.97 Å². The number of nitrogens with one attached hydrogen (secondary N) is 5. The number of aliphatic hydroxyl groups excluding tert-OH is 1. The lowest BCUT2D eigenvalue weighted by Gasteiger charge is -2.29. The van der Waals surface area contributed by atoms with Crippen LogP contribution in [-0.4, -0.2) is 148 Å². The average molecular weight is 1220 g/mol. The summed E-state index contributed by atoms with van der Waals surface area (Å²) in [7, 11) is 0.